The number of likely N-dealkylation sites (tertiary alicyclic amines) is 1. The largest absolute Gasteiger partial charge is 0.393 e. The summed E-state index contributed by atoms with van der Waals surface area (Å²) in [7, 11) is 0. The summed E-state index contributed by atoms with van der Waals surface area (Å²) >= 11 is 0. The lowest BCUT2D eigenvalue weighted by Gasteiger charge is -2.41. The molecule has 0 radical (unpaired) electrons. The number of nitrogens with one attached hydrogen (secondary N) is 1. The summed E-state index contributed by atoms with van der Waals surface area (Å²) < 4.78 is 41.8. The molecule has 35 heavy (non-hydrogen) atoms. The molecule has 186 valence electrons. The summed E-state index contributed by atoms with van der Waals surface area (Å²) in [5, 5.41) is 3.82. The molecule has 1 aliphatic carbocycles. The van der Waals surface area contributed by atoms with Crippen LogP contribution in [0.2, 0.25) is 0 Å². The van der Waals surface area contributed by atoms with E-state index in [9.17, 15) is 18.0 Å². The Labute approximate surface area is 202 Å². The second kappa shape index (κ2) is 8.76. The molecular formula is C26H30F3N5O. The van der Waals surface area contributed by atoms with Crippen molar-refractivity contribution in [3.63, 3.8) is 0 Å². The summed E-state index contributed by atoms with van der Waals surface area (Å²) in [6, 6.07) is 7.63. The van der Waals surface area contributed by atoms with Gasteiger partial charge >= 0.3 is 6.18 Å². The Morgan fingerprint density at radius 2 is 1.83 bits per heavy atom. The molecule has 1 aromatic carbocycles. The number of nitrogens with zero attached hydrogens (tertiary/aromatic N) is 4. The lowest BCUT2D eigenvalue weighted by molar-refractivity contribution is -0.178. The van der Waals surface area contributed by atoms with E-state index in [2.05, 4.69) is 20.2 Å². The summed E-state index contributed by atoms with van der Waals surface area (Å²) in [4.78, 5) is 26.1. The SMILES string of the molecule is O=C(N[C@@H]1C[C@H](C(F)(F)F)CN(c2ccc(C3=NC3)c3ncccc23)C1)C1CCN(C2CC2)CC1. The molecule has 4 aliphatic rings. The van der Waals surface area contributed by atoms with Crippen molar-refractivity contribution in [3.8, 4) is 0 Å². The van der Waals surface area contributed by atoms with Crippen LogP contribution in [0.5, 0.6) is 0 Å². The lowest BCUT2D eigenvalue weighted by Crippen LogP contribution is -2.55. The molecule has 0 unspecified atom stereocenters. The number of halogens is 3. The molecule has 3 fully saturated rings. The van der Waals surface area contributed by atoms with Crippen molar-refractivity contribution < 1.29 is 18.0 Å². The number of pyridine rings is 1. The molecule has 6 nitrogen and oxygen atoms in total. The number of benzene rings is 1. The molecule has 0 bridgehead atoms. The monoisotopic (exact) mass is 485 g/mol. The predicted molar refractivity (Wildman–Crippen MR) is 129 cm³/mol. The van der Waals surface area contributed by atoms with Crippen LogP contribution in [0.15, 0.2) is 35.5 Å². The fourth-order valence-electron chi connectivity index (χ4n) is 5.80. The van der Waals surface area contributed by atoms with E-state index in [0.717, 1.165) is 53.8 Å². The van der Waals surface area contributed by atoms with Crippen LogP contribution in [0.1, 0.15) is 37.7 Å². The Morgan fingerprint density at radius 3 is 2.51 bits per heavy atom. The summed E-state index contributed by atoms with van der Waals surface area (Å²) in [5.41, 5.74) is 3.41. The molecular weight excluding hydrogens is 455 g/mol. The number of fused-ring (bicyclic) bond motifs is 1. The van der Waals surface area contributed by atoms with Crippen LogP contribution in [0.25, 0.3) is 10.9 Å². The van der Waals surface area contributed by atoms with Gasteiger partial charge in [0, 0.05) is 53.9 Å². The fourth-order valence-corrected chi connectivity index (χ4v) is 5.80. The van der Waals surface area contributed by atoms with E-state index in [0.29, 0.717) is 19.1 Å². The van der Waals surface area contributed by atoms with Gasteiger partial charge in [-0.1, -0.05) is 0 Å². The van der Waals surface area contributed by atoms with Crippen molar-refractivity contribution >= 4 is 28.2 Å². The molecule has 0 spiro atoms. The van der Waals surface area contributed by atoms with Gasteiger partial charge in [0.2, 0.25) is 5.91 Å². The van der Waals surface area contributed by atoms with Gasteiger partial charge in [-0.25, -0.2) is 0 Å². The van der Waals surface area contributed by atoms with E-state index in [1.807, 2.05) is 24.3 Å². The van der Waals surface area contributed by atoms with Gasteiger partial charge < -0.3 is 15.1 Å². The molecule has 3 aliphatic heterocycles. The first kappa shape index (κ1) is 22.8. The molecule has 1 saturated carbocycles. The highest BCUT2D eigenvalue weighted by Gasteiger charge is 2.45. The molecule has 2 atom stereocenters. The molecule has 4 heterocycles. The third-order valence-corrected chi connectivity index (χ3v) is 7.94. The number of carbonyl (C=O) groups excluding carboxylic acids is 1. The normalized spacial score (nSPS) is 26.0. The highest BCUT2D eigenvalue weighted by atomic mass is 19.4. The van der Waals surface area contributed by atoms with Crippen LogP contribution in [0.3, 0.4) is 0 Å². The minimum Gasteiger partial charge on any atom is -0.368 e. The second-order valence-corrected chi connectivity index (χ2v) is 10.4. The average Bonchev–Trinajstić information content (AvgIpc) is 3.76. The minimum atomic E-state index is -4.33. The number of aromatic nitrogens is 1. The van der Waals surface area contributed by atoms with Gasteiger partial charge in [-0.3, -0.25) is 14.8 Å². The van der Waals surface area contributed by atoms with Gasteiger partial charge in [0.25, 0.3) is 0 Å². The summed E-state index contributed by atoms with van der Waals surface area (Å²) in [6.45, 7) is 2.71. The average molecular weight is 486 g/mol. The minimum absolute atomic E-state index is 0.0856. The van der Waals surface area contributed by atoms with Gasteiger partial charge in [-0.15, -0.1) is 0 Å². The molecule has 1 N–H and O–H groups in total. The number of rotatable bonds is 5. The standard InChI is InChI=1S/C26H30F3N5O/c27-26(28,29)17-12-18(32-25(35)16-7-10-33(11-8-16)19-3-4-19)15-34(14-17)23-6-5-20(22-13-31-22)24-21(23)2-1-9-30-24/h1-2,5-6,9,16-19H,3-4,7-8,10-15H2,(H,32,35)/t17-,18+/m0/s1. The Hall–Kier alpha value is -2.68. The van der Waals surface area contributed by atoms with E-state index in [1.165, 1.54) is 12.8 Å². The van der Waals surface area contributed by atoms with Crippen molar-refractivity contribution in [3.05, 3.63) is 36.0 Å². The number of anilines is 1. The molecule has 2 aromatic rings. The smallest absolute Gasteiger partial charge is 0.368 e. The van der Waals surface area contributed by atoms with E-state index in [-0.39, 0.29) is 24.8 Å². The maximum atomic E-state index is 13.9. The maximum absolute atomic E-state index is 13.9. The topological polar surface area (TPSA) is 60.8 Å². The zero-order chi connectivity index (χ0) is 24.2. The van der Waals surface area contributed by atoms with Crippen LogP contribution in [0.4, 0.5) is 18.9 Å². The summed E-state index contributed by atoms with van der Waals surface area (Å²) in [5.74, 6) is -1.72. The van der Waals surface area contributed by atoms with Crippen molar-refractivity contribution in [2.75, 3.05) is 37.6 Å². The molecule has 9 heteroatoms. The van der Waals surface area contributed by atoms with Crippen molar-refractivity contribution in [1.82, 2.24) is 15.2 Å². The molecule has 2 saturated heterocycles. The summed E-state index contributed by atoms with van der Waals surface area (Å²) in [6.07, 6.45) is 1.34. The van der Waals surface area contributed by atoms with Crippen LogP contribution >= 0.6 is 0 Å². The fraction of sp³-hybridized carbons (Fsp3) is 0.577. The third kappa shape index (κ3) is 4.75. The zero-order valence-electron chi connectivity index (χ0n) is 19.6. The van der Waals surface area contributed by atoms with E-state index >= 15 is 0 Å². The number of amides is 1. The van der Waals surface area contributed by atoms with Crippen LogP contribution in [-0.4, -0.2) is 72.5 Å². The van der Waals surface area contributed by atoms with Crippen molar-refractivity contribution in [2.45, 2.75) is 50.4 Å². The quantitative estimate of drug-likeness (QED) is 0.700. The Balaban J connectivity index is 1.22. The number of hydrogen-bond donors (Lipinski definition) is 1. The van der Waals surface area contributed by atoms with Gasteiger partial charge in [0.1, 0.15) is 0 Å². The number of alkyl halides is 3. The van der Waals surface area contributed by atoms with Crippen LogP contribution in [-0.2, 0) is 4.79 Å². The first-order valence-electron chi connectivity index (χ1n) is 12.6. The van der Waals surface area contributed by atoms with Crippen molar-refractivity contribution in [2.24, 2.45) is 16.8 Å². The van der Waals surface area contributed by atoms with Crippen molar-refractivity contribution in [1.29, 1.82) is 0 Å². The molecule has 6 rings (SSSR count). The highest BCUT2D eigenvalue weighted by Crippen LogP contribution is 2.38. The Bertz CT molecular complexity index is 1150. The van der Waals surface area contributed by atoms with Crippen LogP contribution in [0, 0.1) is 11.8 Å². The molecule has 1 amide bonds. The number of piperidine rings is 2. The van der Waals surface area contributed by atoms with Gasteiger partial charge in [0.15, 0.2) is 0 Å². The van der Waals surface area contributed by atoms with E-state index in [1.54, 1.807) is 11.1 Å². The van der Waals surface area contributed by atoms with Gasteiger partial charge in [-0.05, 0) is 69.5 Å². The molecule has 1 aromatic heterocycles. The maximum Gasteiger partial charge on any atom is 0.393 e. The second-order valence-electron chi connectivity index (χ2n) is 10.4. The zero-order valence-corrected chi connectivity index (χ0v) is 19.6. The Kier molecular flexibility index (Phi) is 5.70. The van der Waals surface area contributed by atoms with Crippen LogP contribution < -0.4 is 10.2 Å². The highest BCUT2D eigenvalue weighted by molar-refractivity contribution is 6.18. The predicted octanol–water partition coefficient (Wildman–Crippen LogP) is 3.79. The van der Waals surface area contributed by atoms with E-state index < -0.39 is 18.1 Å². The first-order chi connectivity index (χ1) is 16.9. The number of carbonyl (C=O) groups is 1. The number of hydrogen-bond acceptors (Lipinski definition) is 5. The number of aliphatic imine (C=N–C) groups is 1. The van der Waals surface area contributed by atoms with Gasteiger partial charge in [-0.2, -0.15) is 13.2 Å². The first-order valence-corrected chi connectivity index (χ1v) is 12.6. The van der Waals surface area contributed by atoms with E-state index in [4.69, 9.17) is 0 Å². The van der Waals surface area contributed by atoms with Gasteiger partial charge in [0.05, 0.1) is 23.7 Å². The lowest BCUT2D eigenvalue weighted by atomic mass is 9.90. The Morgan fingerprint density at radius 1 is 1.06 bits per heavy atom. The third-order valence-electron chi connectivity index (χ3n) is 7.94.